The summed E-state index contributed by atoms with van der Waals surface area (Å²) >= 11 is 0. The summed E-state index contributed by atoms with van der Waals surface area (Å²) in [7, 11) is 0. The van der Waals surface area contributed by atoms with Gasteiger partial charge in [-0.1, -0.05) is 54.4 Å². The summed E-state index contributed by atoms with van der Waals surface area (Å²) in [5.41, 5.74) is 0. The van der Waals surface area contributed by atoms with Crippen molar-refractivity contribution in [1.29, 1.82) is 0 Å². The molecule has 112 valence electrons. The lowest BCUT2D eigenvalue weighted by atomic mass is 10.1. The molecule has 0 atom stereocenters. The molecule has 0 saturated carbocycles. The van der Waals surface area contributed by atoms with Gasteiger partial charge in [-0.25, -0.2) is 0 Å². The Morgan fingerprint density at radius 2 is 0.944 bits per heavy atom. The van der Waals surface area contributed by atoms with Gasteiger partial charge < -0.3 is 10.6 Å². The van der Waals surface area contributed by atoms with Gasteiger partial charge >= 0.3 is 0 Å². The fourth-order valence-corrected chi connectivity index (χ4v) is 1.64. The van der Waals surface area contributed by atoms with Crippen LogP contribution in [-0.4, -0.2) is 26.2 Å². The second kappa shape index (κ2) is 16.9. The minimum atomic E-state index is 0.778. The number of hydrogen-bond donors (Lipinski definition) is 2. The van der Waals surface area contributed by atoms with Gasteiger partial charge in [0.25, 0.3) is 0 Å². The van der Waals surface area contributed by atoms with Crippen LogP contribution < -0.4 is 10.6 Å². The molecule has 2 N–H and O–H groups in total. The molecular formula is C16H38N2. The van der Waals surface area contributed by atoms with E-state index in [9.17, 15) is 0 Å². The number of nitrogens with one attached hydrogen (secondary N) is 2. The maximum atomic E-state index is 3.49. The van der Waals surface area contributed by atoms with E-state index >= 15 is 0 Å². The summed E-state index contributed by atoms with van der Waals surface area (Å²) in [4.78, 5) is 0. The molecule has 0 unspecified atom stereocenters. The van der Waals surface area contributed by atoms with Crippen molar-refractivity contribution in [3.63, 3.8) is 0 Å². The van der Waals surface area contributed by atoms with Gasteiger partial charge in [-0.05, 0) is 50.9 Å². The molecule has 18 heavy (non-hydrogen) atoms. The van der Waals surface area contributed by atoms with Gasteiger partial charge in [0.1, 0.15) is 0 Å². The van der Waals surface area contributed by atoms with E-state index in [4.69, 9.17) is 0 Å². The van der Waals surface area contributed by atoms with Crippen molar-refractivity contribution in [2.75, 3.05) is 26.2 Å². The Morgan fingerprint density at radius 1 is 0.611 bits per heavy atom. The Bertz CT molecular complexity index is 117. The summed E-state index contributed by atoms with van der Waals surface area (Å²) in [6.07, 6.45) is 5.40. The lowest BCUT2D eigenvalue weighted by molar-refractivity contribution is 0.508. The van der Waals surface area contributed by atoms with Crippen molar-refractivity contribution < 1.29 is 0 Å². The topological polar surface area (TPSA) is 24.1 Å². The summed E-state index contributed by atoms with van der Waals surface area (Å²) in [6.45, 7) is 17.7. The Hall–Kier alpha value is -0.0800. The molecule has 0 aliphatic carbocycles. The third-order valence-corrected chi connectivity index (χ3v) is 2.56. The molecule has 0 rings (SSSR count). The first-order chi connectivity index (χ1) is 8.63. The van der Waals surface area contributed by atoms with E-state index in [-0.39, 0.29) is 0 Å². The molecule has 0 fully saturated rings. The van der Waals surface area contributed by atoms with Gasteiger partial charge in [-0.3, -0.25) is 0 Å². The zero-order chi connectivity index (χ0) is 14.2. The van der Waals surface area contributed by atoms with Gasteiger partial charge in [-0.15, -0.1) is 0 Å². The van der Waals surface area contributed by atoms with E-state index in [2.05, 4.69) is 38.3 Å². The Morgan fingerprint density at radius 3 is 1.22 bits per heavy atom. The van der Waals surface area contributed by atoms with E-state index in [1.807, 2.05) is 13.8 Å². The van der Waals surface area contributed by atoms with Gasteiger partial charge in [0, 0.05) is 0 Å². The highest BCUT2D eigenvalue weighted by Crippen LogP contribution is 1.98. The molecule has 0 amide bonds. The molecule has 2 heteroatoms. The average Bonchev–Trinajstić information content (AvgIpc) is 2.33. The first-order valence-electron chi connectivity index (χ1n) is 8.04. The monoisotopic (exact) mass is 258 g/mol. The fraction of sp³-hybridized carbons (Fsp3) is 1.00. The average molecular weight is 258 g/mol. The van der Waals surface area contributed by atoms with E-state index in [1.54, 1.807) is 0 Å². The minimum Gasteiger partial charge on any atom is -0.316 e. The molecular weight excluding hydrogens is 220 g/mol. The van der Waals surface area contributed by atoms with Crippen molar-refractivity contribution >= 4 is 0 Å². The van der Waals surface area contributed by atoms with Gasteiger partial charge in [0.05, 0.1) is 0 Å². The summed E-state index contributed by atoms with van der Waals surface area (Å²) in [5.74, 6) is 1.56. The number of unbranched alkanes of at least 4 members (excludes halogenated alkanes) is 3. The summed E-state index contributed by atoms with van der Waals surface area (Å²) in [5, 5.41) is 6.97. The molecule has 0 radical (unpaired) electrons. The fourth-order valence-electron chi connectivity index (χ4n) is 1.64. The predicted octanol–water partition coefficient (Wildman–Crippen LogP) is 4.06. The first-order valence-corrected chi connectivity index (χ1v) is 8.04. The minimum absolute atomic E-state index is 0.778. The molecule has 0 aromatic heterocycles. The van der Waals surface area contributed by atoms with Crippen LogP contribution in [0.1, 0.15) is 67.2 Å². The summed E-state index contributed by atoms with van der Waals surface area (Å²) < 4.78 is 0. The van der Waals surface area contributed by atoms with Crippen molar-refractivity contribution in [2.45, 2.75) is 67.2 Å². The lowest BCUT2D eigenvalue weighted by Crippen LogP contribution is -2.21. The summed E-state index contributed by atoms with van der Waals surface area (Å²) in [6, 6.07) is 0. The first kappa shape index (κ1) is 20.2. The van der Waals surface area contributed by atoms with Crippen LogP contribution in [0, 0.1) is 11.8 Å². The normalized spacial score (nSPS) is 10.7. The maximum Gasteiger partial charge on any atom is -0.00258 e. The van der Waals surface area contributed by atoms with Gasteiger partial charge in [-0.2, -0.15) is 0 Å². The van der Waals surface area contributed by atoms with E-state index in [0.717, 1.165) is 24.9 Å². The quantitative estimate of drug-likeness (QED) is 0.546. The largest absolute Gasteiger partial charge is 0.316 e. The lowest BCUT2D eigenvalue weighted by Gasteiger charge is -2.08. The third-order valence-electron chi connectivity index (χ3n) is 2.56. The number of rotatable bonds is 11. The highest BCUT2D eigenvalue weighted by molar-refractivity contribution is 4.54. The molecule has 0 aromatic carbocycles. The zero-order valence-corrected chi connectivity index (χ0v) is 13.8. The molecule has 0 spiro atoms. The highest BCUT2D eigenvalue weighted by Gasteiger charge is 1.94. The van der Waals surface area contributed by atoms with Gasteiger partial charge in [0.15, 0.2) is 0 Å². The van der Waals surface area contributed by atoms with Crippen molar-refractivity contribution in [3.05, 3.63) is 0 Å². The van der Waals surface area contributed by atoms with E-state index in [0.29, 0.717) is 0 Å². The van der Waals surface area contributed by atoms with Crippen LogP contribution in [0.2, 0.25) is 0 Å². The standard InChI is InChI=1S/C14H32N2.C2H6/c1-13(2)11-15-9-7-5-6-8-10-16-12-14(3)4;1-2/h13-16H,5-12H2,1-4H3;1-2H3. The highest BCUT2D eigenvalue weighted by atomic mass is 14.9. The number of hydrogen-bond acceptors (Lipinski definition) is 2. The van der Waals surface area contributed by atoms with Crippen LogP contribution >= 0.6 is 0 Å². The van der Waals surface area contributed by atoms with E-state index in [1.165, 1.54) is 38.8 Å². The Balaban J connectivity index is 0. The van der Waals surface area contributed by atoms with Crippen LogP contribution in [0.5, 0.6) is 0 Å². The van der Waals surface area contributed by atoms with Crippen LogP contribution in [-0.2, 0) is 0 Å². The smallest absolute Gasteiger partial charge is 0.00258 e. The maximum absolute atomic E-state index is 3.49. The third kappa shape index (κ3) is 21.2. The van der Waals surface area contributed by atoms with Crippen LogP contribution in [0.25, 0.3) is 0 Å². The molecule has 0 aromatic rings. The van der Waals surface area contributed by atoms with Crippen LogP contribution in [0.4, 0.5) is 0 Å². The molecule has 0 saturated heterocycles. The van der Waals surface area contributed by atoms with Crippen molar-refractivity contribution in [2.24, 2.45) is 11.8 Å². The van der Waals surface area contributed by atoms with Gasteiger partial charge in [0.2, 0.25) is 0 Å². The zero-order valence-electron chi connectivity index (χ0n) is 13.8. The molecule has 0 bridgehead atoms. The Kier molecular flexibility index (Phi) is 19.0. The van der Waals surface area contributed by atoms with Crippen molar-refractivity contribution in [3.8, 4) is 0 Å². The van der Waals surface area contributed by atoms with Crippen LogP contribution in [0.3, 0.4) is 0 Å². The van der Waals surface area contributed by atoms with E-state index < -0.39 is 0 Å². The molecule has 0 heterocycles. The molecule has 0 aliphatic rings. The Labute approximate surface area is 116 Å². The molecule has 2 nitrogen and oxygen atoms in total. The van der Waals surface area contributed by atoms with Crippen LogP contribution in [0.15, 0.2) is 0 Å². The molecule has 0 aliphatic heterocycles. The van der Waals surface area contributed by atoms with Crippen molar-refractivity contribution in [1.82, 2.24) is 10.6 Å². The second-order valence-corrected chi connectivity index (χ2v) is 5.61. The second-order valence-electron chi connectivity index (χ2n) is 5.61. The predicted molar refractivity (Wildman–Crippen MR) is 85.2 cm³/mol. The SMILES string of the molecule is CC.CC(C)CNCCCCCCNCC(C)C.